The van der Waals surface area contributed by atoms with E-state index in [1.54, 1.807) is 7.11 Å². The number of aryl methyl sites for hydroxylation is 1. The zero-order valence-corrected chi connectivity index (χ0v) is 9.12. The molecule has 1 rings (SSSR count). The fourth-order valence-electron chi connectivity index (χ4n) is 1.10. The van der Waals surface area contributed by atoms with Crippen LogP contribution < -0.4 is 4.74 Å². The summed E-state index contributed by atoms with van der Waals surface area (Å²) >= 11 is 0. The van der Waals surface area contributed by atoms with Gasteiger partial charge < -0.3 is 9.47 Å². The predicted octanol–water partition coefficient (Wildman–Crippen LogP) is 2.80. The van der Waals surface area contributed by atoms with Crippen LogP contribution in [-0.4, -0.2) is 19.8 Å². The third kappa shape index (κ3) is 3.79. The molecule has 0 saturated carbocycles. The zero-order chi connectivity index (χ0) is 10.4. The summed E-state index contributed by atoms with van der Waals surface area (Å²) in [6, 6.07) is 8.09. The molecule has 0 bridgehead atoms. The largest absolute Gasteiger partial charge is 0.493 e. The summed E-state index contributed by atoms with van der Waals surface area (Å²) in [6.45, 7) is 4.81. The molecule has 0 amide bonds. The van der Waals surface area contributed by atoms with Crippen LogP contribution in [0.4, 0.5) is 0 Å². The summed E-state index contributed by atoms with van der Waals surface area (Å²) < 4.78 is 10.7. The second kappa shape index (κ2) is 5.66. The summed E-state index contributed by atoms with van der Waals surface area (Å²) in [5.41, 5.74) is 1.25. The Hall–Kier alpha value is -1.02. The summed E-state index contributed by atoms with van der Waals surface area (Å²) in [4.78, 5) is 0. The molecule has 1 atom stereocenters. The highest BCUT2D eigenvalue weighted by Crippen LogP contribution is 2.11. The third-order valence-corrected chi connectivity index (χ3v) is 2.22. The third-order valence-electron chi connectivity index (χ3n) is 2.22. The molecule has 2 heteroatoms. The SMILES string of the molecule is COC(C)CCOc1ccc(C)cc1. The molecule has 14 heavy (non-hydrogen) atoms. The zero-order valence-electron chi connectivity index (χ0n) is 9.12. The minimum absolute atomic E-state index is 0.264. The van der Waals surface area contributed by atoms with Crippen molar-refractivity contribution >= 4 is 0 Å². The van der Waals surface area contributed by atoms with E-state index in [1.807, 2.05) is 19.1 Å². The van der Waals surface area contributed by atoms with Crippen molar-refractivity contribution in [1.29, 1.82) is 0 Å². The van der Waals surface area contributed by atoms with Crippen molar-refractivity contribution in [2.45, 2.75) is 26.4 Å². The number of ether oxygens (including phenoxy) is 2. The van der Waals surface area contributed by atoms with Gasteiger partial charge >= 0.3 is 0 Å². The molecule has 1 unspecified atom stereocenters. The topological polar surface area (TPSA) is 18.5 Å². The molecule has 1 aromatic carbocycles. The first-order valence-corrected chi connectivity index (χ1v) is 4.94. The van der Waals surface area contributed by atoms with Crippen LogP contribution in [0.2, 0.25) is 0 Å². The van der Waals surface area contributed by atoms with Crippen molar-refractivity contribution in [1.82, 2.24) is 0 Å². The Morgan fingerprint density at radius 2 is 1.86 bits per heavy atom. The summed E-state index contributed by atoms with van der Waals surface area (Å²) in [6.07, 6.45) is 1.19. The Balaban J connectivity index is 2.28. The summed E-state index contributed by atoms with van der Waals surface area (Å²) in [5.74, 6) is 0.930. The van der Waals surface area contributed by atoms with E-state index in [1.165, 1.54) is 5.56 Å². The van der Waals surface area contributed by atoms with E-state index >= 15 is 0 Å². The predicted molar refractivity (Wildman–Crippen MR) is 57.8 cm³/mol. The van der Waals surface area contributed by atoms with Crippen molar-refractivity contribution in [3.05, 3.63) is 29.8 Å². The maximum atomic E-state index is 5.55. The smallest absolute Gasteiger partial charge is 0.119 e. The Morgan fingerprint density at radius 3 is 2.43 bits per heavy atom. The molecule has 0 saturated heterocycles. The van der Waals surface area contributed by atoms with Crippen LogP contribution in [0.1, 0.15) is 18.9 Å². The second-order valence-corrected chi connectivity index (χ2v) is 3.50. The van der Waals surface area contributed by atoms with E-state index in [-0.39, 0.29) is 6.10 Å². The minimum atomic E-state index is 0.264. The standard InChI is InChI=1S/C12H18O2/c1-10-4-6-12(7-5-10)14-9-8-11(2)13-3/h4-7,11H,8-9H2,1-3H3. The normalized spacial score (nSPS) is 12.5. The van der Waals surface area contributed by atoms with E-state index in [9.17, 15) is 0 Å². The average Bonchev–Trinajstić information content (AvgIpc) is 2.21. The molecule has 0 spiro atoms. The number of hydrogen-bond donors (Lipinski definition) is 0. The van der Waals surface area contributed by atoms with E-state index in [4.69, 9.17) is 9.47 Å². The minimum Gasteiger partial charge on any atom is -0.493 e. The van der Waals surface area contributed by atoms with Crippen molar-refractivity contribution in [3.63, 3.8) is 0 Å². The Bertz CT molecular complexity index is 254. The highest BCUT2D eigenvalue weighted by atomic mass is 16.5. The van der Waals surface area contributed by atoms with Gasteiger partial charge in [-0.25, -0.2) is 0 Å². The van der Waals surface area contributed by atoms with Crippen molar-refractivity contribution in [2.24, 2.45) is 0 Å². The van der Waals surface area contributed by atoms with Gasteiger partial charge in [0.15, 0.2) is 0 Å². The lowest BCUT2D eigenvalue weighted by Crippen LogP contribution is -2.10. The van der Waals surface area contributed by atoms with Gasteiger partial charge in [-0.3, -0.25) is 0 Å². The molecule has 2 nitrogen and oxygen atoms in total. The van der Waals surface area contributed by atoms with Gasteiger partial charge in [-0.2, -0.15) is 0 Å². The lowest BCUT2D eigenvalue weighted by atomic mass is 10.2. The first-order valence-electron chi connectivity index (χ1n) is 4.94. The first-order chi connectivity index (χ1) is 6.72. The highest BCUT2D eigenvalue weighted by Gasteiger charge is 1.99. The molecule has 78 valence electrons. The van der Waals surface area contributed by atoms with E-state index < -0.39 is 0 Å². The Labute approximate surface area is 85.8 Å². The molecule has 0 aliphatic rings. The molecular formula is C12H18O2. The van der Waals surface area contributed by atoms with Gasteiger partial charge in [0.2, 0.25) is 0 Å². The maximum Gasteiger partial charge on any atom is 0.119 e. The molecule has 0 N–H and O–H groups in total. The highest BCUT2D eigenvalue weighted by molar-refractivity contribution is 5.26. The fourth-order valence-corrected chi connectivity index (χ4v) is 1.10. The fraction of sp³-hybridized carbons (Fsp3) is 0.500. The summed E-state index contributed by atoms with van der Waals surface area (Å²) in [7, 11) is 1.72. The molecule has 1 aromatic rings. The van der Waals surface area contributed by atoms with Gasteiger partial charge in [0.05, 0.1) is 12.7 Å². The van der Waals surface area contributed by atoms with Gasteiger partial charge in [-0.05, 0) is 26.0 Å². The maximum absolute atomic E-state index is 5.55. The van der Waals surface area contributed by atoms with Crippen LogP contribution in [0.15, 0.2) is 24.3 Å². The molecule has 0 fully saturated rings. The van der Waals surface area contributed by atoms with Gasteiger partial charge in [0.25, 0.3) is 0 Å². The van der Waals surface area contributed by atoms with Gasteiger partial charge in [0, 0.05) is 13.5 Å². The quantitative estimate of drug-likeness (QED) is 0.717. The second-order valence-electron chi connectivity index (χ2n) is 3.50. The van der Waals surface area contributed by atoms with Crippen LogP contribution in [-0.2, 0) is 4.74 Å². The van der Waals surface area contributed by atoms with E-state index in [0.717, 1.165) is 12.2 Å². The molecule has 0 aromatic heterocycles. The van der Waals surface area contributed by atoms with Crippen LogP contribution in [0.5, 0.6) is 5.75 Å². The lowest BCUT2D eigenvalue weighted by Gasteiger charge is -2.10. The summed E-state index contributed by atoms with van der Waals surface area (Å²) in [5, 5.41) is 0. The molecule has 0 radical (unpaired) electrons. The number of hydrogen-bond acceptors (Lipinski definition) is 2. The van der Waals surface area contributed by atoms with Crippen LogP contribution >= 0.6 is 0 Å². The first kappa shape index (κ1) is 11.1. The monoisotopic (exact) mass is 194 g/mol. The van der Waals surface area contributed by atoms with Crippen molar-refractivity contribution in [2.75, 3.05) is 13.7 Å². The van der Waals surface area contributed by atoms with Crippen LogP contribution in [0.3, 0.4) is 0 Å². The molecule has 0 heterocycles. The molecule has 0 aliphatic heterocycles. The van der Waals surface area contributed by atoms with Crippen molar-refractivity contribution in [3.8, 4) is 5.75 Å². The van der Waals surface area contributed by atoms with E-state index in [0.29, 0.717) is 6.61 Å². The van der Waals surface area contributed by atoms with Crippen LogP contribution in [0.25, 0.3) is 0 Å². The lowest BCUT2D eigenvalue weighted by molar-refractivity contribution is 0.0955. The molecular weight excluding hydrogens is 176 g/mol. The van der Waals surface area contributed by atoms with Gasteiger partial charge in [0.1, 0.15) is 5.75 Å². The molecule has 0 aliphatic carbocycles. The Kier molecular flexibility index (Phi) is 4.47. The Morgan fingerprint density at radius 1 is 1.21 bits per heavy atom. The van der Waals surface area contributed by atoms with E-state index in [2.05, 4.69) is 19.1 Å². The van der Waals surface area contributed by atoms with Crippen LogP contribution in [0, 0.1) is 6.92 Å². The van der Waals surface area contributed by atoms with Crippen molar-refractivity contribution < 1.29 is 9.47 Å². The van der Waals surface area contributed by atoms with Gasteiger partial charge in [-0.1, -0.05) is 17.7 Å². The number of methoxy groups -OCH3 is 1. The average molecular weight is 194 g/mol. The number of benzene rings is 1. The number of rotatable bonds is 5. The van der Waals surface area contributed by atoms with Gasteiger partial charge in [-0.15, -0.1) is 0 Å².